The van der Waals surface area contributed by atoms with Crippen LogP contribution in [0.15, 0.2) is 29.2 Å². The number of methoxy groups -OCH3 is 1. The number of primary amides is 1. The van der Waals surface area contributed by atoms with Crippen LogP contribution in [0.5, 0.6) is 5.75 Å². The molecule has 34 heavy (non-hydrogen) atoms. The van der Waals surface area contributed by atoms with Gasteiger partial charge in [-0.15, -0.1) is 0 Å². The summed E-state index contributed by atoms with van der Waals surface area (Å²) in [5.41, 5.74) is 4.92. The number of ether oxygens (including phenoxy) is 2. The van der Waals surface area contributed by atoms with Gasteiger partial charge in [0.05, 0.1) is 31.1 Å². The van der Waals surface area contributed by atoms with Crippen LogP contribution in [0.25, 0.3) is 10.8 Å². The highest BCUT2D eigenvalue weighted by molar-refractivity contribution is 6.31. The first-order valence-electron chi connectivity index (χ1n) is 11.6. The zero-order valence-corrected chi connectivity index (χ0v) is 21.3. The standard InChI is InChI=1S/C10H8ClNO2.C9H16O2.C6H12N2O/c1-14-9-5-12-10(13)8-4-6(11)2-3-7(8)9;1-4-11-9(10)8-5-7(8)6(2)3;1-4-2-3-8-5(4)6(7)9/h2-5H,1H3,(H,12,13);6-8H,4-5H2,1-3H3;4-5,8H,2-3H2,1H3,(H2,7,9). The topological polar surface area (TPSA) is 124 Å². The van der Waals surface area contributed by atoms with E-state index in [1.165, 1.54) is 0 Å². The molecule has 0 bridgehead atoms. The Kier molecular flexibility index (Phi) is 10.4. The van der Waals surface area contributed by atoms with Crippen molar-refractivity contribution >= 4 is 34.2 Å². The van der Waals surface area contributed by atoms with E-state index in [1.54, 1.807) is 31.5 Å². The van der Waals surface area contributed by atoms with Crippen molar-refractivity contribution in [3.05, 3.63) is 39.8 Å². The predicted molar refractivity (Wildman–Crippen MR) is 134 cm³/mol. The zero-order chi connectivity index (χ0) is 25.4. The highest BCUT2D eigenvalue weighted by Crippen LogP contribution is 2.44. The molecule has 1 saturated heterocycles. The van der Waals surface area contributed by atoms with Crippen LogP contribution in [0.3, 0.4) is 0 Å². The van der Waals surface area contributed by atoms with Crippen LogP contribution in [0, 0.1) is 23.7 Å². The smallest absolute Gasteiger partial charge is 0.309 e. The van der Waals surface area contributed by atoms with E-state index in [0.29, 0.717) is 40.5 Å². The number of rotatable bonds is 5. The summed E-state index contributed by atoms with van der Waals surface area (Å²) in [6.45, 7) is 9.64. The minimum absolute atomic E-state index is 0.00574. The van der Waals surface area contributed by atoms with E-state index in [9.17, 15) is 14.4 Å². The van der Waals surface area contributed by atoms with Gasteiger partial charge in [-0.25, -0.2) is 0 Å². The first-order valence-corrected chi connectivity index (χ1v) is 12.0. The van der Waals surface area contributed by atoms with Gasteiger partial charge in [0.15, 0.2) is 0 Å². The fourth-order valence-electron chi connectivity index (χ4n) is 4.06. The van der Waals surface area contributed by atoms with E-state index in [4.69, 9.17) is 26.8 Å². The summed E-state index contributed by atoms with van der Waals surface area (Å²) in [7, 11) is 1.56. The van der Waals surface area contributed by atoms with Gasteiger partial charge in [-0.1, -0.05) is 32.4 Å². The summed E-state index contributed by atoms with van der Waals surface area (Å²) in [4.78, 5) is 35.7. The Morgan fingerprint density at radius 2 is 1.97 bits per heavy atom. The van der Waals surface area contributed by atoms with E-state index in [2.05, 4.69) is 24.1 Å². The second kappa shape index (κ2) is 12.8. The molecule has 0 spiro atoms. The lowest BCUT2D eigenvalue weighted by Crippen LogP contribution is -2.39. The molecule has 0 radical (unpaired) electrons. The number of pyridine rings is 1. The number of halogens is 1. The highest BCUT2D eigenvalue weighted by Gasteiger charge is 2.45. The number of aromatic nitrogens is 1. The molecule has 1 aromatic heterocycles. The molecule has 1 aliphatic carbocycles. The Hall–Kier alpha value is -2.58. The van der Waals surface area contributed by atoms with Crippen molar-refractivity contribution < 1.29 is 19.1 Å². The largest absolute Gasteiger partial charge is 0.495 e. The number of hydrogen-bond donors (Lipinski definition) is 3. The van der Waals surface area contributed by atoms with Crippen LogP contribution in [0.2, 0.25) is 5.02 Å². The number of nitrogens with one attached hydrogen (secondary N) is 2. The van der Waals surface area contributed by atoms with Crippen LogP contribution in [-0.2, 0) is 14.3 Å². The lowest BCUT2D eigenvalue weighted by atomic mass is 10.0. The number of aromatic amines is 1. The SMILES string of the molecule is CC1CCNC1C(N)=O.CCOC(=O)C1CC1C(C)C.COc1c[nH]c(=O)c2cc(Cl)ccc12. The molecular weight excluding hydrogens is 458 g/mol. The molecule has 188 valence electrons. The van der Waals surface area contributed by atoms with Crippen molar-refractivity contribution in [3.63, 3.8) is 0 Å². The van der Waals surface area contributed by atoms with Gasteiger partial charge in [-0.2, -0.15) is 0 Å². The van der Waals surface area contributed by atoms with Crippen molar-refractivity contribution in [2.75, 3.05) is 20.3 Å². The van der Waals surface area contributed by atoms with Crippen LogP contribution in [0.4, 0.5) is 0 Å². The number of hydrogen-bond acceptors (Lipinski definition) is 6. The van der Waals surface area contributed by atoms with Crippen LogP contribution in [-0.4, -0.2) is 43.2 Å². The van der Waals surface area contributed by atoms with E-state index in [-0.39, 0.29) is 29.4 Å². The van der Waals surface area contributed by atoms with E-state index in [0.717, 1.165) is 24.8 Å². The number of nitrogens with two attached hydrogens (primary N) is 1. The zero-order valence-electron chi connectivity index (χ0n) is 20.5. The number of carbonyl (C=O) groups is 2. The normalized spacial score (nSPS) is 22.8. The Balaban J connectivity index is 0.000000185. The number of esters is 1. The molecule has 1 amide bonds. The van der Waals surface area contributed by atoms with Gasteiger partial charge in [0.25, 0.3) is 5.56 Å². The minimum atomic E-state index is -0.222. The molecule has 9 heteroatoms. The molecule has 2 aliphatic rings. The van der Waals surface area contributed by atoms with Crippen LogP contribution in [0.1, 0.15) is 40.5 Å². The summed E-state index contributed by atoms with van der Waals surface area (Å²) in [6.07, 6.45) is 3.64. The van der Waals surface area contributed by atoms with Gasteiger partial charge in [0.1, 0.15) is 5.75 Å². The fraction of sp³-hybridized carbons (Fsp3) is 0.560. The second-order valence-electron chi connectivity index (χ2n) is 8.98. The number of H-pyrrole nitrogens is 1. The molecule has 4 atom stereocenters. The Labute approximate surface area is 205 Å². The van der Waals surface area contributed by atoms with Crippen molar-refractivity contribution in [3.8, 4) is 5.75 Å². The first kappa shape index (κ1) is 27.7. The van der Waals surface area contributed by atoms with Gasteiger partial charge in [0, 0.05) is 16.6 Å². The Bertz CT molecular complexity index is 1040. The molecule has 4 N–H and O–H groups in total. The second-order valence-corrected chi connectivity index (χ2v) is 9.41. The molecule has 2 aromatic rings. The van der Waals surface area contributed by atoms with E-state index >= 15 is 0 Å². The Morgan fingerprint density at radius 1 is 1.26 bits per heavy atom. The van der Waals surface area contributed by atoms with Crippen LogP contribution >= 0.6 is 11.6 Å². The minimum Gasteiger partial charge on any atom is -0.495 e. The van der Waals surface area contributed by atoms with Gasteiger partial charge in [0.2, 0.25) is 5.91 Å². The number of benzene rings is 1. The molecular formula is C25H36ClN3O5. The molecule has 1 aliphatic heterocycles. The third kappa shape index (κ3) is 7.46. The predicted octanol–water partition coefficient (Wildman–Crippen LogP) is 3.50. The maximum atomic E-state index is 11.4. The number of fused-ring (bicyclic) bond motifs is 1. The maximum absolute atomic E-state index is 11.4. The summed E-state index contributed by atoms with van der Waals surface area (Å²) in [5.74, 6) is 2.28. The molecule has 1 aromatic carbocycles. The molecule has 4 rings (SSSR count). The molecule has 4 unspecified atom stereocenters. The number of carbonyl (C=O) groups excluding carboxylic acids is 2. The van der Waals surface area contributed by atoms with Gasteiger partial charge >= 0.3 is 5.97 Å². The van der Waals surface area contributed by atoms with Gasteiger partial charge < -0.3 is 25.5 Å². The summed E-state index contributed by atoms with van der Waals surface area (Å²) >= 11 is 5.79. The summed E-state index contributed by atoms with van der Waals surface area (Å²) < 4.78 is 10.0. The molecule has 8 nitrogen and oxygen atoms in total. The van der Waals surface area contributed by atoms with E-state index < -0.39 is 0 Å². The molecule has 2 fully saturated rings. The number of amides is 1. The Morgan fingerprint density at radius 3 is 2.44 bits per heavy atom. The average molecular weight is 494 g/mol. The molecule has 1 saturated carbocycles. The van der Waals surface area contributed by atoms with E-state index in [1.807, 2.05) is 13.8 Å². The quantitative estimate of drug-likeness (QED) is 0.547. The summed E-state index contributed by atoms with van der Waals surface area (Å²) in [5, 5.41) is 4.87. The average Bonchev–Trinajstić information content (AvgIpc) is 3.49. The van der Waals surface area contributed by atoms with Crippen molar-refractivity contribution in [1.29, 1.82) is 0 Å². The monoisotopic (exact) mass is 493 g/mol. The van der Waals surface area contributed by atoms with Crippen LogP contribution < -0.4 is 21.3 Å². The fourth-order valence-corrected chi connectivity index (χ4v) is 4.23. The molecule has 2 heterocycles. The summed E-state index contributed by atoms with van der Waals surface area (Å²) in [6, 6.07) is 5.04. The third-order valence-corrected chi connectivity index (χ3v) is 6.41. The highest BCUT2D eigenvalue weighted by atomic mass is 35.5. The lowest BCUT2D eigenvalue weighted by molar-refractivity contribution is -0.145. The van der Waals surface area contributed by atoms with Crippen molar-refractivity contribution in [2.24, 2.45) is 29.4 Å². The van der Waals surface area contributed by atoms with Gasteiger partial charge in [-0.3, -0.25) is 14.4 Å². The lowest BCUT2D eigenvalue weighted by Gasteiger charge is -2.09. The van der Waals surface area contributed by atoms with Crippen molar-refractivity contribution in [1.82, 2.24) is 10.3 Å². The van der Waals surface area contributed by atoms with Gasteiger partial charge in [-0.05, 0) is 62.3 Å². The maximum Gasteiger partial charge on any atom is 0.309 e. The first-order chi connectivity index (χ1) is 16.1. The third-order valence-electron chi connectivity index (χ3n) is 6.17. The van der Waals surface area contributed by atoms with Crippen molar-refractivity contribution in [2.45, 2.75) is 46.6 Å².